The molecular formula is C50H61NO. The zero-order chi connectivity index (χ0) is 36.3. The van der Waals surface area contributed by atoms with Crippen LogP contribution in [-0.4, -0.2) is 7.11 Å². The van der Waals surface area contributed by atoms with Gasteiger partial charge in [0.05, 0.1) is 7.11 Å². The average Bonchev–Trinajstić information content (AvgIpc) is 3.43. The Morgan fingerprint density at radius 1 is 0.462 bits per heavy atom. The fraction of sp³-hybridized carbons (Fsp3) is 0.400. The van der Waals surface area contributed by atoms with Gasteiger partial charge in [-0.3, -0.25) is 0 Å². The standard InChI is InChI=1S/C50H61NO/c1-6-8-10-12-14-16-34-50(35-17-15-13-11-9-7-2)48-36-39(4)20-32-46(48)47-33-23-41(37-49(47)50)40-21-26-43(27-22-40)51(42-24-18-38(3)19-25-42)44-28-30-45(52-5)31-29-44/h18-33,36-37H,6-17,34-35H2,1-5H3. The van der Waals surface area contributed by atoms with Crippen molar-refractivity contribution in [2.24, 2.45) is 0 Å². The molecule has 0 amide bonds. The van der Waals surface area contributed by atoms with Crippen LogP contribution >= 0.6 is 0 Å². The summed E-state index contributed by atoms with van der Waals surface area (Å²) in [4.78, 5) is 2.33. The van der Waals surface area contributed by atoms with Crippen molar-refractivity contribution in [2.75, 3.05) is 12.0 Å². The minimum Gasteiger partial charge on any atom is -0.497 e. The number of benzene rings is 5. The summed E-state index contributed by atoms with van der Waals surface area (Å²) in [5, 5.41) is 0. The van der Waals surface area contributed by atoms with Crippen LogP contribution < -0.4 is 9.64 Å². The molecule has 0 heterocycles. The van der Waals surface area contributed by atoms with E-state index in [-0.39, 0.29) is 5.41 Å². The SMILES string of the molecule is CCCCCCCCC1(CCCCCCCC)c2cc(C)ccc2-c2ccc(-c3ccc(N(c4ccc(C)cc4)c4ccc(OC)cc4)cc3)cc21. The third-order valence-electron chi connectivity index (χ3n) is 11.5. The van der Waals surface area contributed by atoms with Crippen LogP contribution in [0.5, 0.6) is 5.75 Å². The normalized spacial score (nSPS) is 12.8. The molecule has 0 aliphatic heterocycles. The monoisotopic (exact) mass is 691 g/mol. The van der Waals surface area contributed by atoms with E-state index in [0.29, 0.717) is 0 Å². The minimum atomic E-state index is 0.0821. The lowest BCUT2D eigenvalue weighted by molar-refractivity contribution is 0.398. The number of ether oxygens (including phenoxy) is 1. The van der Waals surface area contributed by atoms with E-state index in [2.05, 4.69) is 130 Å². The molecule has 0 radical (unpaired) electrons. The molecule has 2 nitrogen and oxygen atoms in total. The Morgan fingerprint density at radius 3 is 1.46 bits per heavy atom. The van der Waals surface area contributed by atoms with Crippen LogP contribution in [0.3, 0.4) is 0 Å². The third kappa shape index (κ3) is 8.49. The molecule has 272 valence electrons. The van der Waals surface area contributed by atoms with Crippen molar-refractivity contribution < 1.29 is 4.74 Å². The molecule has 0 bridgehead atoms. The van der Waals surface area contributed by atoms with Gasteiger partial charge in [0.15, 0.2) is 0 Å². The summed E-state index contributed by atoms with van der Waals surface area (Å²) in [6.45, 7) is 9.05. The molecule has 0 unspecified atom stereocenters. The molecule has 0 atom stereocenters. The fourth-order valence-electron chi connectivity index (χ4n) is 8.54. The highest BCUT2D eigenvalue weighted by Crippen LogP contribution is 2.55. The van der Waals surface area contributed by atoms with E-state index in [1.165, 1.54) is 123 Å². The Hall–Kier alpha value is -4.30. The molecule has 6 rings (SSSR count). The van der Waals surface area contributed by atoms with Crippen molar-refractivity contribution in [3.63, 3.8) is 0 Å². The summed E-state index contributed by atoms with van der Waals surface area (Å²) in [6.07, 6.45) is 18.5. The molecule has 2 heteroatoms. The number of fused-ring (bicyclic) bond motifs is 3. The molecule has 0 fully saturated rings. The number of unbranched alkanes of at least 4 members (excludes halogenated alkanes) is 10. The second kappa shape index (κ2) is 18.0. The first-order valence-corrected chi connectivity index (χ1v) is 20.3. The summed E-state index contributed by atoms with van der Waals surface area (Å²) in [7, 11) is 1.72. The van der Waals surface area contributed by atoms with Crippen molar-refractivity contribution in [2.45, 2.75) is 123 Å². The minimum absolute atomic E-state index is 0.0821. The molecule has 0 aromatic heterocycles. The van der Waals surface area contributed by atoms with Gasteiger partial charge in [0, 0.05) is 22.5 Å². The Morgan fingerprint density at radius 2 is 0.904 bits per heavy atom. The van der Waals surface area contributed by atoms with E-state index < -0.39 is 0 Å². The maximum atomic E-state index is 5.48. The zero-order valence-corrected chi connectivity index (χ0v) is 32.6. The maximum absolute atomic E-state index is 5.48. The Balaban J connectivity index is 1.35. The Bertz CT molecular complexity index is 1840. The van der Waals surface area contributed by atoms with Crippen LogP contribution in [0.1, 0.15) is 126 Å². The summed E-state index contributed by atoms with van der Waals surface area (Å²) >= 11 is 0. The Labute approximate surface area is 315 Å². The predicted molar refractivity (Wildman–Crippen MR) is 225 cm³/mol. The summed E-state index contributed by atoms with van der Waals surface area (Å²) in [5.74, 6) is 0.862. The number of methoxy groups -OCH3 is 1. The fourth-order valence-corrected chi connectivity index (χ4v) is 8.54. The number of anilines is 3. The van der Waals surface area contributed by atoms with Gasteiger partial charge >= 0.3 is 0 Å². The van der Waals surface area contributed by atoms with Crippen molar-refractivity contribution in [1.29, 1.82) is 0 Å². The summed E-state index contributed by atoms with van der Waals surface area (Å²) in [5.41, 5.74) is 14.8. The topological polar surface area (TPSA) is 12.5 Å². The molecule has 1 aliphatic carbocycles. The van der Waals surface area contributed by atoms with Gasteiger partial charge < -0.3 is 9.64 Å². The molecule has 1 aliphatic rings. The molecular weight excluding hydrogens is 631 g/mol. The summed E-state index contributed by atoms with van der Waals surface area (Å²) < 4.78 is 5.48. The van der Waals surface area contributed by atoms with E-state index in [4.69, 9.17) is 4.74 Å². The quantitative estimate of drug-likeness (QED) is 0.0799. The first kappa shape index (κ1) is 37.5. The lowest BCUT2D eigenvalue weighted by Gasteiger charge is -2.33. The van der Waals surface area contributed by atoms with Gasteiger partial charge in [-0.05, 0) is 115 Å². The van der Waals surface area contributed by atoms with Crippen LogP contribution in [0, 0.1) is 13.8 Å². The van der Waals surface area contributed by atoms with Gasteiger partial charge in [0.25, 0.3) is 0 Å². The van der Waals surface area contributed by atoms with Crippen LogP contribution in [0.4, 0.5) is 17.1 Å². The highest BCUT2D eigenvalue weighted by molar-refractivity contribution is 5.85. The van der Waals surface area contributed by atoms with E-state index >= 15 is 0 Å². The molecule has 0 saturated heterocycles. The van der Waals surface area contributed by atoms with Gasteiger partial charge in [0.1, 0.15) is 5.75 Å². The molecule has 0 spiro atoms. The van der Waals surface area contributed by atoms with Gasteiger partial charge in [-0.1, -0.05) is 157 Å². The Kier molecular flexibility index (Phi) is 12.9. The average molecular weight is 692 g/mol. The van der Waals surface area contributed by atoms with Gasteiger partial charge in [-0.15, -0.1) is 0 Å². The first-order chi connectivity index (χ1) is 25.5. The smallest absolute Gasteiger partial charge is 0.119 e. The number of aryl methyl sites for hydroxylation is 2. The van der Waals surface area contributed by atoms with Crippen molar-refractivity contribution in [3.8, 4) is 28.0 Å². The molecule has 0 N–H and O–H groups in total. The molecule has 52 heavy (non-hydrogen) atoms. The van der Waals surface area contributed by atoms with Crippen LogP contribution in [0.25, 0.3) is 22.3 Å². The van der Waals surface area contributed by atoms with Crippen LogP contribution in [0.2, 0.25) is 0 Å². The van der Waals surface area contributed by atoms with Crippen LogP contribution in [-0.2, 0) is 5.41 Å². The van der Waals surface area contributed by atoms with Crippen molar-refractivity contribution in [1.82, 2.24) is 0 Å². The van der Waals surface area contributed by atoms with Crippen molar-refractivity contribution >= 4 is 17.1 Å². The first-order valence-electron chi connectivity index (χ1n) is 20.3. The summed E-state index contributed by atoms with van der Waals surface area (Å²) in [6, 6.07) is 41.0. The second-order valence-corrected chi connectivity index (χ2v) is 15.3. The molecule has 0 saturated carbocycles. The maximum Gasteiger partial charge on any atom is 0.119 e. The van der Waals surface area contributed by atoms with Gasteiger partial charge in [0.2, 0.25) is 0 Å². The van der Waals surface area contributed by atoms with Crippen LogP contribution in [0.15, 0.2) is 109 Å². The lowest BCUT2D eigenvalue weighted by atomic mass is 9.70. The van der Waals surface area contributed by atoms with Gasteiger partial charge in [-0.25, -0.2) is 0 Å². The zero-order valence-electron chi connectivity index (χ0n) is 32.6. The largest absolute Gasteiger partial charge is 0.497 e. The molecule has 5 aromatic rings. The number of hydrogen-bond donors (Lipinski definition) is 0. The van der Waals surface area contributed by atoms with E-state index in [1.807, 2.05) is 12.1 Å². The highest BCUT2D eigenvalue weighted by Gasteiger charge is 2.42. The highest BCUT2D eigenvalue weighted by atomic mass is 16.5. The van der Waals surface area contributed by atoms with Gasteiger partial charge in [-0.2, -0.15) is 0 Å². The van der Waals surface area contributed by atoms with E-state index in [0.717, 1.165) is 22.8 Å². The third-order valence-corrected chi connectivity index (χ3v) is 11.5. The predicted octanol–water partition coefficient (Wildman–Crippen LogP) is 15.2. The number of hydrogen-bond acceptors (Lipinski definition) is 2. The second-order valence-electron chi connectivity index (χ2n) is 15.3. The number of rotatable bonds is 19. The molecule has 5 aromatic carbocycles. The number of nitrogens with zero attached hydrogens (tertiary/aromatic N) is 1. The van der Waals surface area contributed by atoms with Crippen molar-refractivity contribution in [3.05, 3.63) is 131 Å². The van der Waals surface area contributed by atoms with E-state index in [9.17, 15) is 0 Å². The van der Waals surface area contributed by atoms with E-state index in [1.54, 1.807) is 18.2 Å². The lowest BCUT2D eigenvalue weighted by Crippen LogP contribution is -2.25.